The van der Waals surface area contributed by atoms with Crippen LogP contribution in [0.2, 0.25) is 0 Å². The Kier molecular flexibility index (Phi) is 4.49. The summed E-state index contributed by atoms with van der Waals surface area (Å²) in [5.41, 5.74) is 1.42. The number of thioether (sulfide) groups is 1. The second-order valence-electron chi connectivity index (χ2n) is 6.56. The molecule has 2 aliphatic rings. The molecule has 2 aromatic heterocycles. The van der Waals surface area contributed by atoms with E-state index in [9.17, 15) is 4.79 Å². The third-order valence-corrected chi connectivity index (χ3v) is 6.75. The van der Waals surface area contributed by atoms with Gasteiger partial charge in [-0.25, -0.2) is 9.97 Å². The summed E-state index contributed by atoms with van der Waals surface area (Å²) in [6.45, 7) is 5.39. The van der Waals surface area contributed by atoms with Gasteiger partial charge in [-0.3, -0.25) is 4.79 Å². The molecular weight excluding hydrogens is 342 g/mol. The van der Waals surface area contributed by atoms with E-state index in [0.29, 0.717) is 18.8 Å². The smallest absolute Gasteiger partial charge is 0.233 e. The minimum atomic E-state index is 0.105. The van der Waals surface area contributed by atoms with Crippen molar-refractivity contribution in [2.75, 3.05) is 18.8 Å². The highest BCUT2D eigenvalue weighted by molar-refractivity contribution is 8.00. The Balaban J connectivity index is 1.50. The van der Waals surface area contributed by atoms with Crippen LogP contribution in [0, 0.1) is 0 Å². The van der Waals surface area contributed by atoms with E-state index in [2.05, 4.69) is 9.97 Å². The van der Waals surface area contributed by atoms with Crippen LogP contribution in [-0.4, -0.2) is 51.8 Å². The van der Waals surface area contributed by atoms with Crippen LogP contribution < -0.4 is 0 Å². The van der Waals surface area contributed by atoms with Crippen molar-refractivity contribution in [3.05, 3.63) is 16.8 Å². The Hall–Kier alpha value is -1.18. The number of hydrogen-bond donors (Lipinski definition) is 0. The van der Waals surface area contributed by atoms with Gasteiger partial charge in [0.25, 0.3) is 0 Å². The number of fused-ring (bicyclic) bond motifs is 3. The van der Waals surface area contributed by atoms with Gasteiger partial charge in [-0.2, -0.15) is 0 Å². The minimum absolute atomic E-state index is 0.105. The lowest BCUT2D eigenvalue weighted by atomic mass is 10.2. The van der Waals surface area contributed by atoms with E-state index in [4.69, 9.17) is 4.74 Å². The Morgan fingerprint density at radius 1 is 1.33 bits per heavy atom. The van der Waals surface area contributed by atoms with Crippen LogP contribution in [0.3, 0.4) is 0 Å². The van der Waals surface area contributed by atoms with E-state index in [1.807, 2.05) is 18.7 Å². The summed E-state index contributed by atoms with van der Waals surface area (Å²) in [7, 11) is 0. The normalized spacial score (nSPS) is 23.7. The van der Waals surface area contributed by atoms with E-state index in [0.717, 1.165) is 22.7 Å². The fourth-order valence-corrected chi connectivity index (χ4v) is 5.83. The van der Waals surface area contributed by atoms with Gasteiger partial charge < -0.3 is 9.64 Å². The van der Waals surface area contributed by atoms with Crippen molar-refractivity contribution in [2.45, 2.75) is 50.3 Å². The number of rotatable bonds is 3. The van der Waals surface area contributed by atoms with Crippen molar-refractivity contribution in [3.8, 4) is 0 Å². The molecule has 1 amide bonds. The second-order valence-corrected chi connectivity index (χ2v) is 8.61. The number of carbonyl (C=O) groups excluding carboxylic acids is 1. The first kappa shape index (κ1) is 16.3. The third kappa shape index (κ3) is 3.05. The average Bonchev–Trinajstić information content (AvgIpc) is 3.12. The summed E-state index contributed by atoms with van der Waals surface area (Å²) >= 11 is 3.34. The quantitative estimate of drug-likeness (QED) is 0.620. The molecule has 2 aromatic rings. The number of thiophene rings is 1. The van der Waals surface area contributed by atoms with Gasteiger partial charge in [-0.1, -0.05) is 11.8 Å². The molecule has 0 aromatic carbocycles. The predicted octanol–water partition coefficient (Wildman–Crippen LogP) is 2.91. The molecule has 7 heteroatoms. The Bertz CT molecular complexity index is 767. The minimum Gasteiger partial charge on any atom is -0.372 e. The van der Waals surface area contributed by atoms with Gasteiger partial charge in [0.05, 0.1) is 18.0 Å². The molecule has 128 valence electrons. The maximum absolute atomic E-state index is 12.6. The molecule has 5 nitrogen and oxygen atoms in total. The molecule has 2 atom stereocenters. The van der Waals surface area contributed by atoms with E-state index in [1.54, 1.807) is 29.4 Å². The number of amides is 1. The molecule has 4 rings (SSSR count). The van der Waals surface area contributed by atoms with Crippen molar-refractivity contribution in [3.63, 3.8) is 0 Å². The summed E-state index contributed by atoms with van der Waals surface area (Å²) in [5.74, 6) is 0.594. The molecule has 0 spiro atoms. The number of nitrogens with zero attached hydrogens (tertiary/aromatic N) is 3. The summed E-state index contributed by atoms with van der Waals surface area (Å²) in [5, 5.41) is 2.15. The van der Waals surface area contributed by atoms with Crippen LogP contribution in [0.1, 0.15) is 30.7 Å². The molecule has 1 aliphatic heterocycles. The average molecular weight is 364 g/mol. The molecule has 0 radical (unpaired) electrons. The Morgan fingerprint density at radius 3 is 2.92 bits per heavy atom. The van der Waals surface area contributed by atoms with E-state index < -0.39 is 0 Å². The predicted molar refractivity (Wildman–Crippen MR) is 96.8 cm³/mol. The number of morpholine rings is 1. The van der Waals surface area contributed by atoms with Gasteiger partial charge in [0, 0.05) is 23.4 Å². The van der Waals surface area contributed by atoms with Gasteiger partial charge in [-0.05, 0) is 38.7 Å². The van der Waals surface area contributed by atoms with Crippen LogP contribution in [-0.2, 0) is 22.4 Å². The first-order valence-corrected chi connectivity index (χ1v) is 10.2. The first-order chi connectivity index (χ1) is 11.6. The summed E-state index contributed by atoms with van der Waals surface area (Å²) in [4.78, 5) is 25.9. The number of aromatic nitrogens is 2. The second kappa shape index (κ2) is 6.61. The molecule has 1 aliphatic carbocycles. The lowest BCUT2D eigenvalue weighted by molar-refractivity contribution is -0.140. The van der Waals surface area contributed by atoms with Crippen molar-refractivity contribution in [2.24, 2.45) is 0 Å². The monoisotopic (exact) mass is 363 g/mol. The molecule has 0 unspecified atom stereocenters. The topological polar surface area (TPSA) is 55.3 Å². The van der Waals surface area contributed by atoms with Gasteiger partial charge in [0.15, 0.2) is 0 Å². The van der Waals surface area contributed by atoms with Crippen molar-refractivity contribution < 1.29 is 9.53 Å². The highest BCUT2D eigenvalue weighted by Gasteiger charge is 2.26. The molecule has 0 N–H and O–H groups in total. The number of carbonyl (C=O) groups is 1. The highest BCUT2D eigenvalue weighted by atomic mass is 32.2. The fraction of sp³-hybridized carbons (Fsp3) is 0.588. The molecule has 3 heterocycles. The van der Waals surface area contributed by atoms with Gasteiger partial charge in [-0.15, -0.1) is 11.3 Å². The third-order valence-electron chi connectivity index (χ3n) is 4.57. The van der Waals surface area contributed by atoms with Crippen molar-refractivity contribution in [1.29, 1.82) is 0 Å². The zero-order valence-corrected chi connectivity index (χ0v) is 15.6. The largest absolute Gasteiger partial charge is 0.372 e. The van der Waals surface area contributed by atoms with Crippen LogP contribution in [0.15, 0.2) is 11.4 Å². The van der Waals surface area contributed by atoms with Gasteiger partial charge >= 0.3 is 0 Å². The summed E-state index contributed by atoms with van der Waals surface area (Å²) in [6.07, 6.45) is 5.33. The van der Waals surface area contributed by atoms with Crippen LogP contribution in [0.5, 0.6) is 0 Å². The van der Waals surface area contributed by atoms with Gasteiger partial charge in [0.2, 0.25) is 5.91 Å². The number of aryl methyl sites for hydroxylation is 2. The molecule has 1 fully saturated rings. The van der Waals surface area contributed by atoms with E-state index >= 15 is 0 Å². The summed E-state index contributed by atoms with van der Waals surface area (Å²) < 4.78 is 5.71. The molecular formula is C17H21N3O2S2. The zero-order valence-electron chi connectivity index (χ0n) is 13.9. The Morgan fingerprint density at radius 2 is 2.12 bits per heavy atom. The SMILES string of the molecule is C[C@@H]1CN(C(=O)CSc2ncnc3sc4c(c23)CCC4)C[C@H](C)O1. The van der Waals surface area contributed by atoms with Gasteiger partial charge in [0.1, 0.15) is 16.2 Å². The van der Waals surface area contributed by atoms with E-state index in [1.165, 1.54) is 22.2 Å². The lowest BCUT2D eigenvalue weighted by Crippen LogP contribution is -2.48. The maximum Gasteiger partial charge on any atom is 0.233 e. The standard InChI is InChI=1S/C17H21N3O2S2/c1-10-6-20(7-11(2)22-10)14(21)8-23-16-15-12-4-3-5-13(12)24-17(15)19-9-18-16/h9-11H,3-8H2,1-2H3/t10-,11+. The van der Waals surface area contributed by atoms with Crippen molar-refractivity contribution >= 4 is 39.2 Å². The zero-order chi connectivity index (χ0) is 16.7. The molecule has 0 saturated carbocycles. The summed E-state index contributed by atoms with van der Waals surface area (Å²) in [6, 6.07) is 0. The van der Waals surface area contributed by atoms with Crippen molar-refractivity contribution in [1.82, 2.24) is 14.9 Å². The maximum atomic E-state index is 12.6. The Labute approximate surface area is 149 Å². The van der Waals surface area contributed by atoms with Crippen LogP contribution in [0.25, 0.3) is 10.2 Å². The molecule has 1 saturated heterocycles. The fourth-order valence-electron chi connectivity index (χ4n) is 3.61. The van der Waals surface area contributed by atoms with Crippen LogP contribution in [0.4, 0.5) is 0 Å². The number of hydrogen-bond acceptors (Lipinski definition) is 6. The first-order valence-electron chi connectivity index (χ1n) is 8.43. The molecule has 0 bridgehead atoms. The van der Waals surface area contributed by atoms with E-state index in [-0.39, 0.29) is 18.1 Å². The lowest BCUT2D eigenvalue weighted by Gasteiger charge is -2.35. The number of ether oxygens (including phenoxy) is 1. The highest BCUT2D eigenvalue weighted by Crippen LogP contribution is 2.40. The van der Waals surface area contributed by atoms with Crippen LogP contribution >= 0.6 is 23.1 Å². The molecule has 24 heavy (non-hydrogen) atoms.